The SMILES string of the molecule is C[C@@H]1CN[C@H](CC(=O)O)CN1Cc1ccccc1. The number of piperazine rings is 1. The molecule has 0 spiro atoms. The zero-order valence-electron chi connectivity index (χ0n) is 10.7. The Kier molecular flexibility index (Phi) is 4.33. The minimum atomic E-state index is -0.735. The largest absolute Gasteiger partial charge is 0.481 e. The van der Waals surface area contributed by atoms with Crippen molar-refractivity contribution in [1.29, 1.82) is 0 Å². The zero-order chi connectivity index (χ0) is 13.0. The molecule has 1 heterocycles. The monoisotopic (exact) mass is 248 g/mol. The molecule has 1 aromatic rings. The van der Waals surface area contributed by atoms with Crippen LogP contribution in [-0.4, -0.2) is 41.1 Å². The number of carboxylic acids is 1. The molecule has 2 N–H and O–H groups in total. The van der Waals surface area contributed by atoms with Gasteiger partial charge >= 0.3 is 5.97 Å². The molecule has 98 valence electrons. The van der Waals surface area contributed by atoms with Gasteiger partial charge in [-0.3, -0.25) is 9.69 Å². The van der Waals surface area contributed by atoms with Crippen LogP contribution in [0, 0.1) is 0 Å². The van der Waals surface area contributed by atoms with Gasteiger partial charge in [-0.1, -0.05) is 30.3 Å². The van der Waals surface area contributed by atoms with Gasteiger partial charge < -0.3 is 10.4 Å². The van der Waals surface area contributed by atoms with Crippen molar-refractivity contribution in [2.75, 3.05) is 13.1 Å². The predicted octanol–water partition coefficient (Wildman–Crippen LogP) is 1.32. The third-order valence-electron chi connectivity index (χ3n) is 3.43. The van der Waals surface area contributed by atoms with Gasteiger partial charge in [-0.15, -0.1) is 0 Å². The third kappa shape index (κ3) is 3.55. The van der Waals surface area contributed by atoms with E-state index in [1.165, 1.54) is 5.56 Å². The van der Waals surface area contributed by atoms with Crippen LogP contribution >= 0.6 is 0 Å². The minimum Gasteiger partial charge on any atom is -0.481 e. The van der Waals surface area contributed by atoms with E-state index in [1.807, 2.05) is 18.2 Å². The first-order chi connectivity index (χ1) is 8.65. The van der Waals surface area contributed by atoms with E-state index in [4.69, 9.17) is 5.11 Å². The van der Waals surface area contributed by atoms with E-state index in [1.54, 1.807) is 0 Å². The summed E-state index contributed by atoms with van der Waals surface area (Å²) in [6.07, 6.45) is 0.192. The van der Waals surface area contributed by atoms with E-state index in [0.29, 0.717) is 6.04 Å². The molecule has 2 atom stereocenters. The Balaban J connectivity index is 1.95. The minimum absolute atomic E-state index is 0.0578. The van der Waals surface area contributed by atoms with Gasteiger partial charge in [0.05, 0.1) is 6.42 Å². The van der Waals surface area contributed by atoms with Gasteiger partial charge in [0, 0.05) is 31.7 Å². The quantitative estimate of drug-likeness (QED) is 0.844. The van der Waals surface area contributed by atoms with Crippen molar-refractivity contribution in [3.05, 3.63) is 35.9 Å². The van der Waals surface area contributed by atoms with E-state index >= 15 is 0 Å². The lowest BCUT2D eigenvalue weighted by molar-refractivity contribution is -0.138. The summed E-state index contributed by atoms with van der Waals surface area (Å²) in [5.74, 6) is -0.735. The van der Waals surface area contributed by atoms with Gasteiger partial charge in [-0.25, -0.2) is 0 Å². The highest BCUT2D eigenvalue weighted by Crippen LogP contribution is 2.13. The number of benzene rings is 1. The topological polar surface area (TPSA) is 52.6 Å². The van der Waals surface area contributed by atoms with E-state index in [9.17, 15) is 4.79 Å². The molecule has 1 fully saturated rings. The highest BCUT2D eigenvalue weighted by molar-refractivity contribution is 5.67. The average Bonchev–Trinajstić information content (AvgIpc) is 2.34. The number of carboxylic acid groups (broad SMARTS) is 1. The number of rotatable bonds is 4. The first-order valence-corrected chi connectivity index (χ1v) is 6.38. The maximum Gasteiger partial charge on any atom is 0.304 e. The summed E-state index contributed by atoms with van der Waals surface area (Å²) >= 11 is 0. The van der Waals surface area contributed by atoms with Gasteiger partial charge in [0.1, 0.15) is 0 Å². The molecule has 4 nitrogen and oxygen atoms in total. The Morgan fingerprint density at radius 2 is 2.17 bits per heavy atom. The fourth-order valence-corrected chi connectivity index (χ4v) is 2.38. The van der Waals surface area contributed by atoms with Crippen LogP contribution in [0.25, 0.3) is 0 Å². The number of aliphatic carboxylic acids is 1. The molecule has 4 heteroatoms. The van der Waals surface area contributed by atoms with Crippen molar-refractivity contribution in [2.24, 2.45) is 0 Å². The van der Waals surface area contributed by atoms with Crippen molar-refractivity contribution in [2.45, 2.75) is 32.0 Å². The summed E-state index contributed by atoms with van der Waals surface area (Å²) in [5, 5.41) is 12.1. The predicted molar refractivity (Wildman–Crippen MR) is 70.4 cm³/mol. The molecule has 0 amide bonds. The molecule has 0 radical (unpaired) electrons. The number of nitrogens with one attached hydrogen (secondary N) is 1. The van der Waals surface area contributed by atoms with Crippen molar-refractivity contribution in [1.82, 2.24) is 10.2 Å². The number of hydrogen-bond acceptors (Lipinski definition) is 3. The molecule has 1 aromatic carbocycles. The lowest BCUT2D eigenvalue weighted by Gasteiger charge is -2.38. The highest BCUT2D eigenvalue weighted by atomic mass is 16.4. The van der Waals surface area contributed by atoms with Crippen LogP contribution in [0.1, 0.15) is 18.9 Å². The van der Waals surface area contributed by atoms with Gasteiger partial charge in [-0.05, 0) is 12.5 Å². The summed E-state index contributed by atoms with van der Waals surface area (Å²) < 4.78 is 0. The molecule has 2 rings (SSSR count). The highest BCUT2D eigenvalue weighted by Gasteiger charge is 2.26. The Bertz CT molecular complexity index is 394. The molecule has 1 saturated heterocycles. The Labute approximate surface area is 108 Å². The first-order valence-electron chi connectivity index (χ1n) is 6.38. The average molecular weight is 248 g/mol. The van der Waals surface area contributed by atoms with Crippen molar-refractivity contribution >= 4 is 5.97 Å². The van der Waals surface area contributed by atoms with E-state index in [2.05, 4.69) is 29.3 Å². The summed E-state index contributed by atoms with van der Waals surface area (Å²) in [6, 6.07) is 10.8. The van der Waals surface area contributed by atoms with Gasteiger partial charge in [-0.2, -0.15) is 0 Å². The molecule has 1 aliphatic heterocycles. The van der Waals surface area contributed by atoms with Crippen LogP contribution in [-0.2, 0) is 11.3 Å². The molecule has 0 bridgehead atoms. The lowest BCUT2D eigenvalue weighted by Crippen LogP contribution is -2.55. The second-order valence-electron chi connectivity index (χ2n) is 4.97. The molecular weight excluding hydrogens is 228 g/mol. The Morgan fingerprint density at radius 1 is 1.44 bits per heavy atom. The van der Waals surface area contributed by atoms with Crippen LogP contribution in [0.4, 0.5) is 0 Å². The molecule has 0 saturated carbocycles. The van der Waals surface area contributed by atoms with Crippen LogP contribution < -0.4 is 5.32 Å². The van der Waals surface area contributed by atoms with E-state index < -0.39 is 5.97 Å². The normalized spacial score (nSPS) is 24.9. The van der Waals surface area contributed by atoms with Crippen LogP contribution in [0.5, 0.6) is 0 Å². The third-order valence-corrected chi connectivity index (χ3v) is 3.43. The number of carbonyl (C=O) groups is 1. The molecule has 18 heavy (non-hydrogen) atoms. The summed E-state index contributed by atoms with van der Waals surface area (Å²) in [6.45, 7) is 4.71. The van der Waals surface area contributed by atoms with Crippen molar-refractivity contribution < 1.29 is 9.90 Å². The van der Waals surface area contributed by atoms with Gasteiger partial charge in [0.15, 0.2) is 0 Å². The summed E-state index contributed by atoms with van der Waals surface area (Å²) in [4.78, 5) is 13.1. The molecule has 1 aliphatic rings. The van der Waals surface area contributed by atoms with Crippen molar-refractivity contribution in [3.8, 4) is 0 Å². The maximum absolute atomic E-state index is 10.8. The summed E-state index contributed by atoms with van der Waals surface area (Å²) in [7, 11) is 0. The first kappa shape index (κ1) is 13.1. The van der Waals surface area contributed by atoms with E-state index in [-0.39, 0.29) is 12.5 Å². The van der Waals surface area contributed by atoms with Crippen LogP contribution in [0.3, 0.4) is 0 Å². The molecule has 0 aromatic heterocycles. The van der Waals surface area contributed by atoms with Crippen LogP contribution in [0.2, 0.25) is 0 Å². The standard InChI is InChI=1S/C14H20N2O2/c1-11-8-15-13(7-14(17)18)10-16(11)9-12-5-3-2-4-6-12/h2-6,11,13,15H,7-10H2,1H3,(H,17,18)/t11-,13-/m1/s1. The smallest absolute Gasteiger partial charge is 0.304 e. The number of nitrogens with zero attached hydrogens (tertiary/aromatic N) is 1. The number of hydrogen-bond donors (Lipinski definition) is 2. The summed E-state index contributed by atoms with van der Waals surface area (Å²) in [5.41, 5.74) is 1.28. The van der Waals surface area contributed by atoms with Crippen LogP contribution in [0.15, 0.2) is 30.3 Å². The van der Waals surface area contributed by atoms with Crippen molar-refractivity contribution in [3.63, 3.8) is 0 Å². The fourth-order valence-electron chi connectivity index (χ4n) is 2.38. The fraction of sp³-hybridized carbons (Fsp3) is 0.500. The lowest BCUT2D eigenvalue weighted by atomic mass is 10.1. The second kappa shape index (κ2) is 5.98. The maximum atomic E-state index is 10.8. The zero-order valence-corrected chi connectivity index (χ0v) is 10.7. The van der Waals surface area contributed by atoms with E-state index in [0.717, 1.165) is 19.6 Å². The Morgan fingerprint density at radius 3 is 2.83 bits per heavy atom. The van der Waals surface area contributed by atoms with Gasteiger partial charge in [0.2, 0.25) is 0 Å². The molecule has 0 unspecified atom stereocenters. The van der Waals surface area contributed by atoms with Gasteiger partial charge in [0.25, 0.3) is 0 Å². The molecule has 0 aliphatic carbocycles. The molecular formula is C14H20N2O2. The Hall–Kier alpha value is -1.39. The second-order valence-corrected chi connectivity index (χ2v) is 4.97.